The number of halogens is 1. The van der Waals surface area contributed by atoms with Gasteiger partial charge < -0.3 is 19.7 Å². The van der Waals surface area contributed by atoms with Crippen molar-refractivity contribution >= 4 is 23.2 Å². The fourth-order valence-corrected chi connectivity index (χ4v) is 4.46. The van der Waals surface area contributed by atoms with Gasteiger partial charge in [-0.3, -0.25) is 9.69 Å². The second kappa shape index (κ2) is 9.25. The van der Waals surface area contributed by atoms with Gasteiger partial charge in [0.2, 0.25) is 0 Å². The number of amides is 1. The summed E-state index contributed by atoms with van der Waals surface area (Å²) < 4.78 is 10.9. The summed E-state index contributed by atoms with van der Waals surface area (Å²) in [6.07, 6.45) is 1.06. The van der Waals surface area contributed by atoms with Crippen LogP contribution in [0.1, 0.15) is 27.5 Å². The molecule has 2 aliphatic rings. The quantitative estimate of drug-likeness (QED) is 0.764. The SMILES string of the molecule is COc1ccc(Cl)cc1C(=O)NC[C@@H](c1ccc2c(c1)CCN2C)N1CCOCC1. The predicted molar refractivity (Wildman–Crippen MR) is 119 cm³/mol. The topological polar surface area (TPSA) is 54.0 Å². The van der Waals surface area contributed by atoms with Crippen molar-refractivity contribution in [2.75, 3.05) is 58.5 Å². The molecule has 2 aromatic rings. The van der Waals surface area contributed by atoms with Crippen LogP contribution in [0.25, 0.3) is 0 Å². The average Bonchev–Trinajstić information content (AvgIpc) is 3.14. The lowest BCUT2D eigenvalue weighted by Crippen LogP contribution is -2.43. The molecule has 0 radical (unpaired) electrons. The highest BCUT2D eigenvalue weighted by Gasteiger charge is 2.26. The Hall–Kier alpha value is -2.28. The molecule has 7 heteroatoms. The molecule has 0 spiro atoms. The van der Waals surface area contributed by atoms with Gasteiger partial charge in [-0.15, -0.1) is 0 Å². The number of nitrogens with zero attached hydrogens (tertiary/aromatic N) is 2. The van der Waals surface area contributed by atoms with E-state index in [1.54, 1.807) is 25.3 Å². The molecule has 1 fully saturated rings. The monoisotopic (exact) mass is 429 g/mol. The molecule has 1 N–H and O–H groups in total. The number of ether oxygens (including phenoxy) is 2. The Bertz CT molecular complexity index is 915. The molecule has 1 saturated heterocycles. The molecule has 0 aromatic heterocycles. The van der Waals surface area contributed by atoms with Gasteiger partial charge in [0.25, 0.3) is 5.91 Å². The highest BCUT2D eigenvalue weighted by molar-refractivity contribution is 6.31. The summed E-state index contributed by atoms with van der Waals surface area (Å²) in [5.74, 6) is 0.328. The Balaban J connectivity index is 1.55. The zero-order valence-corrected chi connectivity index (χ0v) is 18.2. The number of fused-ring (bicyclic) bond motifs is 1. The van der Waals surface area contributed by atoms with Gasteiger partial charge in [0, 0.05) is 43.9 Å². The fourth-order valence-electron chi connectivity index (χ4n) is 4.28. The molecule has 4 rings (SSSR count). The van der Waals surface area contributed by atoms with Gasteiger partial charge in [0.15, 0.2) is 0 Å². The smallest absolute Gasteiger partial charge is 0.255 e. The highest BCUT2D eigenvalue weighted by Crippen LogP contribution is 2.31. The Labute approximate surface area is 182 Å². The van der Waals surface area contributed by atoms with E-state index in [4.69, 9.17) is 21.1 Å². The summed E-state index contributed by atoms with van der Waals surface area (Å²) in [5.41, 5.74) is 4.34. The van der Waals surface area contributed by atoms with E-state index in [9.17, 15) is 4.79 Å². The summed E-state index contributed by atoms with van der Waals surface area (Å²) in [4.78, 5) is 17.6. The summed E-state index contributed by atoms with van der Waals surface area (Å²) in [5, 5.41) is 3.61. The van der Waals surface area contributed by atoms with Gasteiger partial charge in [-0.25, -0.2) is 0 Å². The minimum atomic E-state index is -0.187. The molecule has 0 bridgehead atoms. The minimum absolute atomic E-state index is 0.0826. The van der Waals surface area contributed by atoms with Crippen LogP contribution < -0.4 is 15.0 Å². The van der Waals surface area contributed by atoms with Gasteiger partial charge >= 0.3 is 0 Å². The molecule has 160 valence electrons. The number of likely N-dealkylation sites (N-methyl/N-ethyl adjacent to an activating group) is 1. The molecule has 2 heterocycles. The highest BCUT2D eigenvalue weighted by atomic mass is 35.5. The van der Waals surface area contributed by atoms with E-state index in [0.717, 1.165) is 26.1 Å². The molecule has 2 aromatic carbocycles. The molecular weight excluding hydrogens is 402 g/mol. The number of anilines is 1. The van der Waals surface area contributed by atoms with Crippen molar-refractivity contribution in [1.82, 2.24) is 10.2 Å². The van der Waals surface area contributed by atoms with E-state index in [1.807, 2.05) is 0 Å². The first-order chi connectivity index (χ1) is 14.6. The van der Waals surface area contributed by atoms with E-state index < -0.39 is 0 Å². The Morgan fingerprint density at radius 2 is 2.00 bits per heavy atom. The van der Waals surface area contributed by atoms with Crippen LogP contribution in [-0.2, 0) is 11.2 Å². The lowest BCUT2D eigenvalue weighted by molar-refractivity contribution is 0.0162. The van der Waals surface area contributed by atoms with Crippen molar-refractivity contribution in [3.63, 3.8) is 0 Å². The number of hydrogen-bond donors (Lipinski definition) is 1. The molecule has 0 unspecified atom stereocenters. The summed E-state index contributed by atoms with van der Waals surface area (Å²) in [7, 11) is 3.68. The van der Waals surface area contributed by atoms with Crippen LogP contribution in [-0.4, -0.2) is 64.4 Å². The van der Waals surface area contributed by atoms with Crippen LogP contribution >= 0.6 is 11.6 Å². The fraction of sp³-hybridized carbons (Fsp3) is 0.435. The molecular formula is C23H28ClN3O3. The number of carbonyl (C=O) groups excluding carboxylic acids is 1. The van der Waals surface area contributed by atoms with E-state index in [2.05, 4.69) is 40.4 Å². The molecule has 1 atom stereocenters. The zero-order chi connectivity index (χ0) is 21.1. The minimum Gasteiger partial charge on any atom is -0.496 e. The molecule has 6 nitrogen and oxygen atoms in total. The van der Waals surface area contributed by atoms with Crippen LogP contribution in [0.3, 0.4) is 0 Å². The number of methoxy groups -OCH3 is 1. The van der Waals surface area contributed by atoms with E-state index in [-0.39, 0.29) is 11.9 Å². The van der Waals surface area contributed by atoms with Crippen molar-refractivity contribution in [3.8, 4) is 5.75 Å². The largest absolute Gasteiger partial charge is 0.496 e. The molecule has 1 amide bonds. The van der Waals surface area contributed by atoms with Gasteiger partial charge in [-0.1, -0.05) is 23.7 Å². The van der Waals surface area contributed by atoms with Crippen LogP contribution in [0.15, 0.2) is 36.4 Å². The normalized spacial score (nSPS) is 17.5. The lowest BCUT2D eigenvalue weighted by Gasteiger charge is -2.35. The number of carbonyl (C=O) groups is 1. The van der Waals surface area contributed by atoms with E-state index in [1.165, 1.54) is 16.8 Å². The first-order valence-electron chi connectivity index (χ1n) is 10.3. The predicted octanol–water partition coefficient (Wildman–Crippen LogP) is 3.14. The number of rotatable bonds is 6. The molecule has 0 saturated carbocycles. The third kappa shape index (κ3) is 4.41. The third-order valence-electron chi connectivity index (χ3n) is 5.96. The summed E-state index contributed by atoms with van der Waals surface area (Å²) >= 11 is 6.10. The number of hydrogen-bond acceptors (Lipinski definition) is 5. The zero-order valence-electron chi connectivity index (χ0n) is 17.5. The summed E-state index contributed by atoms with van der Waals surface area (Å²) in [6.45, 7) is 4.66. The number of nitrogens with one attached hydrogen (secondary N) is 1. The van der Waals surface area contributed by atoms with Crippen molar-refractivity contribution < 1.29 is 14.3 Å². The van der Waals surface area contributed by atoms with Crippen molar-refractivity contribution in [1.29, 1.82) is 0 Å². The number of benzene rings is 2. The van der Waals surface area contributed by atoms with Crippen molar-refractivity contribution in [2.24, 2.45) is 0 Å². The Morgan fingerprint density at radius 3 is 2.77 bits per heavy atom. The Kier molecular flexibility index (Phi) is 6.46. The number of morpholine rings is 1. The average molecular weight is 430 g/mol. The Morgan fingerprint density at radius 1 is 1.20 bits per heavy atom. The maximum atomic E-state index is 12.9. The molecule has 2 aliphatic heterocycles. The second-order valence-corrected chi connectivity index (χ2v) is 8.21. The van der Waals surface area contributed by atoms with E-state index in [0.29, 0.717) is 36.1 Å². The van der Waals surface area contributed by atoms with Crippen LogP contribution in [0.4, 0.5) is 5.69 Å². The third-order valence-corrected chi connectivity index (χ3v) is 6.20. The van der Waals surface area contributed by atoms with Gasteiger partial charge in [-0.2, -0.15) is 0 Å². The van der Waals surface area contributed by atoms with Gasteiger partial charge in [-0.05, 0) is 41.8 Å². The standard InChI is InChI=1S/C23H28ClN3O3/c1-26-8-7-17-13-16(3-5-20(17)26)21(27-9-11-30-12-10-27)15-25-23(28)19-14-18(24)4-6-22(19)29-2/h3-6,13-14,21H,7-12,15H2,1-2H3,(H,25,28)/t21-/m0/s1. The van der Waals surface area contributed by atoms with Crippen molar-refractivity contribution in [2.45, 2.75) is 12.5 Å². The first kappa shape index (κ1) is 21.0. The first-order valence-corrected chi connectivity index (χ1v) is 10.7. The lowest BCUT2D eigenvalue weighted by atomic mass is 10.00. The van der Waals surface area contributed by atoms with Gasteiger partial charge in [0.1, 0.15) is 5.75 Å². The van der Waals surface area contributed by atoms with Crippen molar-refractivity contribution in [3.05, 3.63) is 58.1 Å². The van der Waals surface area contributed by atoms with Crippen LogP contribution in [0.2, 0.25) is 5.02 Å². The molecule has 0 aliphatic carbocycles. The second-order valence-electron chi connectivity index (χ2n) is 7.78. The molecule has 30 heavy (non-hydrogen) atoms. The van der Waals surface area contributed by atoms with Crippen LogP contribution in [0, 0.1) is 0 Å². The van der Waals surface area contributed by atoms with Crippen LogP contribution in [0.5, 0.6) is 5.75 Å². The summed E-state index contributed by atoms with van der Waals surface area (Å²) in [6, 6.07) is 11.8. The van der Waals surface area contributed by atoms with E-state index >= 15 is 0 Å². The maximum Gasteiger partial charge on any atom is 0.255 e. The van der Waals surface area contributed by atoms with Gasteiger partial charge in [0.05, 0.1) is 31.9 Å². The maximum absolute atomic E-state index is 12.9.